The van der Waals surface area contributed by atoms with Crippen LogP contribution in [0.25, 0.3) is 0 Å². The second-order valence-corrected chi connectivity index (χ2v) is 13.3. The highest BCUT2D eigenvalue weighted by atomic mass is 28.3. The quantitative estimate of drug-likeness (QED) is 0.130. The lowest BCUT2D eigenvalue weighted by atomic mass is 9.74. The molecule has 1 aliphatic rings. The highest BCUT2D eigenvalue weighted by Gasteiger charge is 2.27. The Bertz CT molecular complexity index is 589. The van der Waals surface area contributed by atoms with Gasteiger partial charge in [-0.05, 0) is 81.4 Å². The Labute approximate surface area is 199 Å². The van der Waals surface area contributed by atoms with Gasteiger partial charge in [0.1, 0.15) is 0 Å². The van der Waals surface area contributed by atoms with Crippen LogP contribution in [0.4, 0.5) is 0 Å². The van der Waals surface area contributed by atoms with Crippen molar-refractivity contribution in [3.05, 3.63) is 11.1 Å². The Morgan fingerprint density at radius 3 is 2.28 bits per heavy atom. The number of Topliss-reactive ketones (excluding diaryl/α,β-unsaturated/α-hetero) is 1. The number of carbonyl (C=O) groups excluding carboxylic acids is 2. The van der Waals surface area contributed by atoms with Gasteiger partial charge in [-0.15, -0.1) is 0 Å². The summed E-state index contributed by atoms with van der Waals surface area (Å²) in [5, 5.41) is 0. The molecule has 1 unspecified atom stereocenters. The first-order valence-corrected chi connectivity index (χ1v) is 15.9. The monoisotopic (exact) mass is 466 g/mol. The fraction of sp³-hybridized carbons (Fsp3) is 0.852. The Hall–Kier alpha value is -0.943. The summed E-state index contributed by atoms with van der Waals surface area (Å²) in [6.07, 6.45) is 14.4. The van der Waals surface area contributed by atoms with Gasteiger partial charge in [-0.3, -0.25) is 9.59 Å². The molecule has 1 atom stereocenters. The number of allylic oxidation sites excluding steroid dienone is 2. The molecule has 5 heteroatoms. The van der Waals surface area contributed by atoms with E-state index in [1.54, 1.807) is 0 Å². The molecular weight excluding hydrogens is 416 g/mol. The lowest BCUT2D eigenvalue weighted by Crippen LogP contribution is -2.20. The van der Waals surface area contributed by atoms with E-state index in [0.29, 0.717) is 30.0 Å². The molecule has 0 spiro atoms. The third-order valence-corrected chi connectivity index (χ3v) is 7.77. The van der Waals surface area contributed by atoms with Crippen LogP contribution in [-0.4, -0.2) is 34.5 Å². The van der Waals surface area contributed by atoms with Crippen LogP contribution in [0.1, 0.15) is 111 Å². The smallest absolute Gasteiger partial charge is 0.305 e. The second-order valence-electron chi connectivity index (χ2n) is 10.9. The molecule has 32 heavy (non-hydrogen) atoms. The molecule has 0 fully saturated rings. The summed E-state index contributed by atoms with van der Waals surface area (Å²) in [5.41, 5.74) is 2.89. The van der Waals surface area contributed by atoms with Crippen LogP contribution in [-0.2, 0) is 18.8 Å². The van der Waals surface area contributed by atoms with Crippen LogP contribution in [0.15, 0.2) is 11.1 Å². The fourth-order valence-corrected chi connectivity index (χ4v) is 5.37. The fourth-order valence-electron chi connectivity index (χ4n) is 4.73. The molecule has 0 aromatic rings. The first-order valence-electron chi connectivity index (χ1n) is 13.1. The summed E-state index contributed by atoms with van der Waals surface area (Å²) in [6, 6.07) is 0. The molecule has 0 saturated carbocycles. The number of methoxy groups -OCH3 is 1. The normalized spacial score (nSPS) is 15.7. The Morgan fingerprint density at radius 1 is 0.938 bits per heavy atom. The molecule has 0 radical (unpaired) electrons. The highest BCUT2D eigenvalue weighted by molar-refractivity contribution is 6.48. The minimum absolute atomic E-state index is 0.125. The van der Waals surface area contributed by atoms with Crippen molar-refractivity contribution in [3.8, 4) is 0 Å². The first-order chi connectivity index (χ1) is 15.1. The molecular formula is C27H50O4Si. The Morgan fingerprint density at radius 2 is 1.62 bits per heavy atom. The van der Waals surface area contributed by atoms with E-state index in [2.05, 4.69) is 33.9 Å². The molecule has 1 rings (SSSR count). The lowest BCUT2D eigenvalue weighted by Gasteiger charge is -2.31. The molecule has 1 aliphatic carbocycles. The molecule has 0 aromatic carbocycles. The molecule has 0 heterocycles. The maximum Gasteiger partial charge on any atom is 0.305 e. The zero-order valence-corrected chi connectivity index (χ0v) is 23.0. The van der Waals surface area contributed by atoms with Gasteiger partial charge in [0.25, 0.3) is 0 Å². The molecule has 186 valence electrons. The van der Waals surface area contributed by atoms with E-state index >= 15 is 0 Å². The molecule has 0 N–H and O–H groups in total. The molecule has 0 saturated heterocycles. The predicted octanol–water partition coefficient (Wildman–Crippen LogP) is 7.16. The lowest BCUT2D eigenvalue weighted by molar-refractivity contribution is -0.140. The van der Waals surface area contributed by atoms with Crippen molar-refractivity contribution in [1.82, 2.24) is 0 Å². The molecule has 0 amide bonds. The van der Waals surface area contributed by atoms with Gasteiger partial charge in [0, 0.05) is 19.4 Å². The van der Waals surface area contributed by atoms with E-state index in [-0.39, 0.29) is 5.97 Å². The largest absolute Gasteiger partial charge is 0.469 e. The van der Waals surface area contributed by atoms with Crippen molar-refractivity contribution >= 4 is 20.8 Å². The van der Waals surface area contributed by atoms with Gasteiger partial charge in [0.05, 0.1) is 7.11 Å². The Kier molecular flexibility index (Phi) is 14.4. The van der Waals surface area contributed by atoms with Gasteiger partial charge in [-0.1, -0.05) is 52.0 Å². The maximum absolute atomic E-state index is 12.5. The second kappa shape index (κ2) is 15.8. The van der Waals surface area contributed by atoms with E-state index in [0.717, 1.165) is 57.1 Å². The summed E-state index contributed by atoms with van der Waals surface area (Å²) in [7, 11) is 0.565. The standard InChI is InChI=1S/C27H50O4Si/c1-27(2,3)23(14-10-9-13-21-31-32(5)6)19-17-22-18-20-25(28)24(22)15-11-7-8-12-16-26(29)30-4/h23,32H,7-21H2,1-6H3. The number of esters is 1. The van der Waals surface area contributed by atoms with Gasteiger partial charge in [-0.2, -0.15) is 0 Å². The molecule has 0 aromatic heterocycles. The van der Waals surface area contributed by atoms with Crippen LogP contribution < -0.4 is 0 Å². The zero-order valence-electron chi connectivity index (χ0n) is 21.9. The van der Waals surface area contributed by atoms with Crippen LogP contribution in [0, 0.1) is 11.3 Å². The van der Waals surface area contributed by atoms with E-state index in [9.17, 15) is 9.59 Å². The molecule has 0 aliphatic heterocycles. The number of hydrogen-bond donors (Lipinski definition) is 0. The van der Waals surface area contributed by atoms with Crippen LogP contribution >= 0.6 is 0 Å². The first kappa shape index (κ1) is 29.1. The van der Waals surface area contributed by atoms with E-state index in [1.165, 1.54) is 44.8 Å². The molecule has 4 nitrogen and oxygen atoms in total. The minimum Gasteiger partial charge on any atom is -0.469 e. The average molecular weight is 467 g/mol. The molecule has 0 bridgehead atoms. The van der Waals surface area contributed by atoms with Crippen molar-refractivity contribution in [2.75, 3.05) is 13.7 Å². The van der Waals surface area contributed by atoms with Crippen molar-refractivity contribution in [2.24, 2.45) is 11.3 Å². The third kappa shape index (κ3) is 12.3. The topological polar surface area (TPSA) is 52.6 Å². The summed E-state index contributed by atoms with van der Waals surface area (Å²) in [4.78, 5) is 23.7. The zero-order chi connectivity index (χ0) is 24.0. The summed E-state index contributed by atoms with van der Waals surface area (Å²) in [5.74, 6) is 0.959. The van der Waals surface area contributed by atoms with Crippen molar-refractivity contribution in [1.29, 1.82) is 0 Å². The van der Waals surface area contributed by atoms with Crippen LogP contribution in [0.5, 0.6) is 0 Å². The van der Waals surface area contributed by atoms with Crippen LogP contribution in [0.3, 0.4) is 0 Å². The third-order valence-electron chi connectivity index (χ3n) is 6.87. The van der Waals surface area contributed by atoms with E-state index < -0.39 is 9.04 Å². The van der Waals surface area contributed by atoms with Gasteiger partial charge < -0.3 is 9.16 Å². The van der Waals surface area contributed by atoms with E-state index in [4.69, 9.17) is 9.16 Å². The predicted molar refractivity (Wildman–Crippen MR) is 136 cm³/mol. The number of rotatable bonds is 17. The average Bonchev–Trinajstić information content (AvgIpc) is 3.07. The SMILES string of the molecule is COC(=O)CCCCCCC1=C(CCC(CCCCCO[SiH](C)C)C(C)(C)C)CCC1=O. The number of unbranched alkanes of at least 4 members (excludes halogenated alkanes) is 5. The van der Waals surface area contributed by atoms with Gasteiger partial charge >= 0.3 is 5.97 Å². The van der Waals surface area contributed by atoms with Crippen molar-refractivity contribution < 1.29 is 18.8 Å². The van der Waals surface area contributed by atoms with E-state index in [1.807, 2.05) is 0 Å². The summed E-state index contributed by atoms with van der Waals surface area (Å²) in [6.45, 7) is 12.5. The van der Waals surface area contributed by atoms with Crippen molar-refractivity contribution in [3.63, 3.8) is 0 Å². The number of carbonyl (C=O) groups is 2. The highest BCUT2D eigenvalue weighted by Crippen LogP contribution is 2.38. The maximum atomic E-state index is 12.5. The van der Waals surface area contributed by atoms with Crippen molar-refractivity contribution in [2.45, 2.75) is 124 Å². The van der Waals surface area contributed by atoms with Gasteiger partial charge in [0.15, 0.2) is 14.8 Å². The van der Waals surface area contributed by atoms with Gasteiger partial charge in [-0.25, -0.2) is 0 Å². The minimum atomic E-state index is -0.876. The number of ketones is 1. The van der Waals surface area contributed by atoms with Gasteiger partial charge in [0.2, 0.25) is 0 Å². The Balaban J connectivity index is 2.44. The summed E-state index contributed by atoms with van der Waals surface area (Å²) >= 11 is 0. The number of hydrogen-bond acceptors (Lipinski definition) is 4. The summed E-state index contributed by atoms with van der Waals surface area (Å²) < 4.78 is 10.5. The van der Waals surface area contributed by atoms with Crippen LogP contribution in [0.2, 0.25) is 13.1 Å². The number of ether oxygens (including phenoxy) is 1.